The molecule has 0 spiro atoms. The molecule has 1 aliphatic rings. The summed E-state index contributed by atoms with van der Waals surface area (Å²) in [6.45, 7) is 0. The predicted molar refractivity (Wildman–Crippen MR) is 76.7 cm³/mol. The Morgan fingerprint density at radius 1 is 1.53 bits per heavy atom. The first-order chi connectivity index (χ1) is 8.90. The minimum absolute atomic E-state index is 0.111. The van der Waals surface area contributed by atoms with E-state index < -0.39 is 14.9 Å². The van der Waals surface area contributed by atoms with Gasteiger partial charge in [0.05, 0.1) is 4.92 Å². The zero-order chi connectivity index (χ0) is 14.0. The second-order valence-electron chi connectivity index (χ2n) is 4.02. The van der Waals surface area contributed by atoms with Crippen molar-refractivity contribution in [1.29, 1.82) is 0 Å². The third-order valence-corrected chi connectivity index (χ3v) is 7.14. The van der Waals surface area contributed by atoms with E-state index >= 15 is 0 Å². The molecule has 0 saturated carbocycles. The number of nitrogens with one attached hydrogen (secondary N) is 1. The molecule has 6 nitrogen and oxygen atoms in total. The van der Waals surface area contributed by atoms with Gasteiger partial charge in [-0.15, -0.1) is 11.3 Å². The molecule has 1 atom stereocenters. The second-order valence-corrected chi connectivity index (χ2v) is 8.76. The third-order valence-electron chi connectivity index (χ3n) is 2.59. The molecule has 0 bridgehead atoms. The standard InChI is InChI=1S/C9H11ClN2O4S3/c10-9-7(12(13)14)4-8(18-9)19(15,16)11-6-2-1-3-17-5-6/h4,6,11H,1-3,5H2. The normalized spacial score (nSPS) is 20.4. The van der Waals surface area contributed by atoms with Crippen molar-refractivity contribution < 1.29 is 13.3 Å². The molecule has 1 N–H and O–H groups in total. The van der Waals surface area contributed by atoms with Crippen LogP contribution in [0.15, 0.2) is 10.3 Å². The van der Waals surface area contributed by atoms with Gasteiger partial charge < -0.3 is 0 Å². The van der Waals surface area contributed by atoms with Crippen LogP contribution in [0.25, 0.3) is 0 Å². The fourth-order valence-electron chi connectivity index (χ4n) is 1.71. The Bertz CT molecular complexity index is 580. The maximum atomic E-state index is 12.1. The Labute approximate surface area is 123 Å². The van der Waals surface area contributed by atoms with E-state index in [1.807, 2.05) is 0 Å². The monoisotopic (exact) mass is 342 g/mol. The quantitative estimate of drug-likeness (QED) is 0.670. The van der Waals surface area contributed by atoms with Gasteiger partial charge in [-0.2, -0.15) is 11.8 Å². The first-order valence-electron chi connectivity index (χ1n) is 5.44. The highest BCUT2D eigenvalue weighted by Crippen LogP contribution is 2.36. The number of hydrogen-bond acceptors (Lipinski definition) is 6. The Balaban J connectivity index is 2.19. The average Bonchev–Trinajstić information content (AvgIpc) is 2.73. The van der Waals surface area contributed by atoms with Crippen LogP contribution in [-0.4, -0.2) is 30.9 Å². The van der Waals surface area contributed by atoms with Crippen LogP contribution in [0, 0.1) is 10.1 Å². The number of rotatable bonds is 4. The molecule has 1 aliphatic heterocycles. The molecule has 1 saturated heterocycles. The molecule has 0 aromatic carbocycles. The van der Waals surface area contributed by atoms with Gasteiger partial charge in [0, 0.05) is 17.9 Å². The van der Waals surface area contributed by atoms with Crippen LogP contribution in [0.1, 0.15) is 12.8 Å². The summed E-state index contributed by atoms with van der Waals surface area (Å²) in [6, 6.07) is 0.884. The minimum Gasteiger partial charge on any atom is -0.258 e. The predicted octanol–water partition coefficient (Wildman–Crippen LogP) is 2.48. The second kappa shape index (κ2) is 5.96. The Morgan fingerprint density at radius 2 is 2.26 bits per heavy atom. The number of hydrogen-bond donors (Lipinski definition) is 1. The molecule has 0 radical (unpaired) electrons. The lowest BCUT2D eigenvalue weighted by atomic mass is 10.2. The van der Waals surface area contributed by atoms with Crippen molar-refractivity contribution in [2.75, 3.05) is 11.5 Å². The van der Waals surface area contributed by atoms with E-state index in [2.05, 4.69) is 4.72 Å². The lowest BCUT2D eigenvalue weighted by Crippen LogP contribution is -2.37. The van der Waals surface area contributed by atoms with Crippen molar-refractivity contribution in [3.8, 4) is 0 Å². The van der Waals surface area contributed by atoms with Crippen LogP contribution in [0.4, 0.5) is 5.69 Å². The molecule has 1 fully saturated rings. The van der Waals surface area contributed by atoms with Gasteiger partial charge in [-0.25, -0.2) is 13.1 Å². The van der Waals surface area contributed by atoms with Crippen LogP contribution in [0.2, 0.25) is 4.34 Å². The van der Waals surface area contributed by atoms with Crippen molar-refractivity contribution in [1.82, 2.24) is 4.72 Å². The summed E-state index contributed by atoms with van der Waals surface area (Å²) >= 11 is 8.07. The zero-order valence-corrected chi connectivity index (χ0v) is 12.9. The van der Waals surface area contributed by atoms with E-state index in [4.69, 9.17) is 11.6 Å². The number of halogens is 1. The smallest absolute Gasteiger partial charge is 0.258 e. The van der Waals surface area contributed by atoms with Crippen molar-refractivity contribution in [2.45, 2.75) is 23.1 Å². The minimum atomic E-state index is -3.73. The van der Waals surface area contributed by atoms with Crippen molar-refractivity contribution in [2.24, 2.45) is 0 Å². The highest BCUT2D eigenvalue weighted by molar-refractivity contribution is 7.99. The zero-order valence-electron chi connectivity index (χ0n) is 9.67. The highest BCUT2D eigenvalue weighted by Gasteiger charge is 2.28. The topological polar surface area (TPSA) is 89.3 Å². The lowest BCUT2D eigenvalue weighted by Gasteiger charge is -2.21. The van der Waals surface area contributed by atoms with E-state index in [0.29, 0.717) is 11.3 Å². The Kier molecular flexibility index (Phi) is 4.72. The number of thiophene rings is 1. The van der Waals surface area contributed by atoms with Gasteiger partial charge in [-0.1, -0.05) is 11.6 Å². The number of nitro groups is 1. The van der Waals surface area contributed by atoms with Crippen molar-refractivity contribution in [3.63, 3.8) is 0 Å². The Morgan fingerprint density at radius 3 is 2.79 bits per heavy atom. The van der Waals surface area contributed by atoms with Gasteiger partial charge in [-0.05, 0) is 18.6 Å². The van der Waals surface area contributed by atoms with Crippen LogP contribution in [0.3, 0.4) is 0 Å². The molecule has 0 aliphatic carbocycles. The number of sulfonamides is 1. The summed E-state index contributed by atoms with van der Waals surface area (Å²) in [5, 5.41) is 10.7. The van der Waals surface area contributed by atoms with E-state index in [1.165, 1.54) is 0 Å². The first-order valence-corrected chi connectivity index (χ1v) is 9.27. The van der Waals surface area contributed by atoms with E-state index in [9.17, 15) is 18.5 Å². The summed E-state index contributed by atoms with van der Waals surface area (Å²) in [5.41, 5.74) is -0.370. The van der Waals surface area contributed by atoms with Crippen LogP contribution in [0.5, 0.6) is 0 Å². The maximum absolute atomic E-state index is 12.1. The Hall–Kier alpha value is -0.350. The third kappa shape index (κ3) is 3.60. The molecular formula is C9H11ClN2O4S3. The summed E-state index contributed by atoms with van der Waals surface area (Å²) in [6.07, 6.45) is 1.75. The van der Waals surface area contributed by atoms with Gasteiger partial charge in [0.1, 0.15) is 4.21 Å². The molecule has 0 amide bonds. The maximum Gasteiger partial charge on any atom is 0.300 e. The lowest BCUT2D eigenvalue weighted by molar-refractivity contribution is -0.384. The van der Waals surface area contributed by atoms with E-state index in [0.717, 1.165) is 30.4 Å². The molecule has 1 aromatic heterocycles. The molecular weight excluding hydrogens is 332 g/mol. The largest absolute Gasteiger partial charge is 0.300 e. The fraction of sp³-hybridized carbons (Fsp3) is 0.556. The van der Waals surface area contributed by atoms with Gasteiger partial charge in [-0.3, -0.25) is 10.1 Å². The van der Waals surface area contributed by atoms with Gasteiger partial charge in [0.15, 0.2) is 4.34 Å². The van der Waals surface area contributed by atoms with Gasteiger partial charge in [0.25, 0.3) is 15.7 Å². The summed E-state index contributed by atoms with van der Waals surface area (Å²) in [5.74, 6) is 1.76. The fourth-order valence-corrected chi connectivity index (χ4v) is 5.84. The van der Waals surface area contributed by atoms with E-state index in [-0.39, 0.29) is 20.3 Å². The summed E-state index contributed by atoms with van der Waals surface area (Å²) in [4.78, 5) is 9.98. The van der Waals surface area contributed by atoms with Crippen LogP contribution in [-0.2, 0) is 10.0 Å². The molecule has 1 aromatic rings. The van der Waals surface area contributed by atoms with Crippen molar-refractivity contribution in [3.05, 3.63) is 20.5 Å². The summed E-state index contributed by atoms with van der Waals surface area (Å²) in [7, 11) is -3.73. The molecule has 2 heterocycles. The van der Waals surface area contributed by atoms with E-state index in [1.54, 1.807) is 11.8 Å². The van der Waals surface area contributed by atoms with Crippen LogP contribution >= 0.6 is 34.7 Å². The molecule has 106 valence electrons. The number of thioether (sulfide) groups is 1. The summed E-state index contributed by atoms with van der Waals surface area (Å²) < 4.78 is 26.5. The number of nitrogens with zero attached hydrogens (tertiary/aromatic N) is 1. The molecule has 1 unspecified atom stereocenters. The van der Waals surface area contributed by atoms with Crippen molar-refractivity contribution >= 4 is 50.4 Å². The van der Waals surface area contributed by atoms with Gasteiger partial charge in [0.2, 0.25) is 0 Å². The first kappa shape index (κ1) is 15.0. The molecule has 2 rings (SSSR count). The molecule has 10 heteroatoms. The van der Waals surface area contributed by atoms with Gasteiger partial charge >= 0.3 is 0 Å². The van der Waals surface area contributed by atoms with Crippen LogP contribution < -0.4 is 4.72 Å². The highest BCUT2D eigenvalue weighted by atomic mass is 35.5. The SMILES string of the molecule is O=[N+]([O-])c1cc(S(=O)(=O)NC2CCCSC2)sc1Cl. The molecule has 19 heavy (non-hydrogen) atoms. The average molecular weight is 343 g/mol.